The number of ether oxygens (including phenoxy) is 2. The van der Waals surface area contributed by atoms with Crippen LogP contribution in [0, 0.1) is 12.8 Å². The second kappa shape index (κ2) is 11.5. The van der Waals surface area contributed by atoms with Gasteiger partial charge in [0.15, 0.2) is 5.82 Å². The van der Waals surface area contributed by atoms with E-state index in [1.54, 1.807) is 17.9 Å². The third kappa shape index (κ3) is 6.43. The Kier molecular flexibility index (Phi) is 7.87. The van der Waals surface area contributed by atoms with Gasteiger partial charge in [0.25, 0.3) is 0 Å². The summed E-state index contributed by atoms with van der Waals surface area (Å²) < 4.78 is 53.7. The Morgan fingerprint density at radius 2 is 2.00 bits per heavy atom. The highest BCUT2D eigenvalue weighted by Crippen LogP contribution is 2.47. The van der Waals surface area contributed by atoms with Crippen molar-refractivity contribution in [2.75, 3.05) is 26.4 Å². The van der Waals surface area contributed by atoms with Gasteiger partial charge >= 0.3 is 6.36 Å². The molecule has 1 aliphatic carbocycles. The van der Waals surface area contributed by atoms with Crippen LogP contribution in [0.4, 0.5) is 13.2 Å². The number of benzene rings is 2. The maximum atomic E-state index is 13.2. The van der Waals surface area contributed by atoms with Crippen molar-refractivity contribution >= 4 is 11.8 Å². The quantitative estimate of drug-likeness (QED) is 0.400. The van der Waals surface area contributed by atoms with Gasteiger partial charge in [0.1, 0.15) is 12.5 Å². The van der Waals surface area contributed by atoms with Gasteiger partial charge in [0.05, 0.1) is 30.5 Å². The Labute approximate surface area is 252 Å². The highest BCUT2D eigenvalue weighted by Gasteiger charge is 2.47. The standard InChI is InChI=1S/C31H34F3N5O5/c1-18-36-29(44-37-18)25-12-24(25)28(41)35-13-20-7-8-22(19-5-4-6-21(11-19)43-31(32,33)34)23-9-10-38(14-26(20)23)15-27(40)39-17-42-16-30(39,2)3/h4-8,11,24-25H,9-10,12-17H2,1-3H3,(H,35,41)/t24?,25-/m0/s1. The number of carbonyl (C=O) groups excluding carboxylic acids is 2. The Bertz CT molecular complexity index is 1570. The second-order valence-corrected chi connectivity index (χ2v) is 12.2. The number of carbonyl (C=O) groups is 2. The number of aryl methyl sites for hydroxylation is 1. The summed E-state index contributed by atoms with van der Waals surface area (Å²) in [7, 11) is 0. The van der Waals surface area contributed by atoms with Gasteiger partial charge in [-0.2, -0.15) is 4.98 Å². The number of hydrogen-bond donors (Lipinski definition) is 1. The fourth-order valence-electron chi connectivity index (χ4n) is 6.09. The molecule has 2 amide bonds. The molecule has 1 saturated heterocycles. The first-order valence-electron chi connectivity index (χ1n) is 14.6. The molecular weight excluding hydrogens is 579 g/mol. The molecule has 3 aromatic rings. The molecule has 0 radical (unpaired) electrons. The predicted octanol–water partition coefficient (Wildman–Crippen LogP) is 4.32. The third-order valence-electron chi connectivity index (χ3n) is 8.47. The molecule has 10 nitrogen and oxygen atoms in total. The number of alkyl halides is 3. The van der Waals surface area contributed by atoms with Crippen LogP contribution < -0.4 is 10.1 Å². The van der Waals surface area contributed by atoms with Gasteiger partial charge in [-0.15, -0.1) is 13.2 Å². The van der Waals surface area contributed by atoms with E-state index in [2.05, 4.69) is 25.1 Å². The van der Waals surface area contributed by atoms with Crippen LogP contribution in [0.5, 0.6) is 5.75 Å². The molecular formula is C31H34F3N5O5. The molecule has 0 spiro atoms. The lowest BCUT2D eigenvalue weighted by atomic mass is 9.87. The first-order chi connectivity index (χ1) is 20.9. The maximum Gasteiger partial charge on any atom is 0.573 e. The summed E-state index contributed by atoms with van der Waals surface area (Å²) in [4.78, 5) is 34.3. The first-order valence-corrected chi connectivity index (χ1v) is 14.6. The summed E-state index contributed by atoms with van der Waals surface area (Å²) in [5, 5.41) is 6.85. The van der Waals surface area contributed by atoms with Crippen molar-refractivity contribution in [1.82, 2.24) is 25.3 Å². The van der Waals surface area contributed by atoms with Gasteiger partial charge in [-0.3, -0.25) is 14.5 Å². The van der Waals surface area contributed by atoms with E-state index in [0.717, 1.165) is 22.3 Å². The van der Waals surface area contributed by atoms with E-state index in [-0.39, 0.29) is 49.2 Å². The smallest absolute Gasteiger partial charge is 0.406 e. The molecule has 2 atom stereocenters. The maximum absolute atomic E-state index is 13.2. The lowest BCUT2D eigenvalue weighted by Crippen LogP contribution is -2.49. The SMILES string of the molecule is Cc1noc([C@H]2CC2C(=O)NCc2ccc(-c3cccc(OC(F)(F)F)c3)c3c2CN(CC(=O)N2COCC2(C)C)CC3)n1. The monoisotopic (exact) mass is 613 g/mol. The van der Waals surface area contributed by atoms with Crippen molar-refractivity contribution in [3.63, 3.8) is 0 Å². The molecule has 2 fully saturated rings. The zero-order chi connectivity index (χ0) is 31.2. The van der Waals surface area contributed by atoms with E-state index < -0.39 is 11.9 Å². The molecule has 3 aliphatic rings. The largest absolute Gasteiger partial charge is 0.573 e. The minimum atomic E-state index is -4.80. The number of rotatable bonds is 8. The van der Waals surface area contributed by atoms with Crippen LogP contribution in [0.25, 0.3) is 11.1 Å². The van der Waals surface area contributed by atoms with Gasteiger partial charge in [-0.05, 0) is 73.6 Å². The number of amides is 2. The van der Waals surface area contributed by atoms with Gasteiger partial charge in [-0.25, -0.2) is 0 Å². The normalized spacial score (nSPS) is 21.2. The van der Waals surface area contributed by atoms with Crippen molar-refractivity contribution in [1.29, 1.82) is 0 Å². The summed E-state index contributed by atoms with van der Waals surface area (Å²) in [6, 6.07) is 9.69. The summed E-state index contributed by atoms with van der Waals surface area (Å²) in [6.07, 6.45) is -3.59. The number of halogens is 3. The molecule has 0 bridgehead atoms. The zero-order valence-corrected chi connectivity index (χ0v) is 24.7. The molecule has 1 aromatic heterocycles. The van der Waals surface area contributed by atoms with E-state index in [4.69, 9.17) is 9.26 Å². The van der Waals surface area contributed by atoms with Crippen LogP contribution in [-0.4, -0.2) is 70.1 Å². The van der Waals surface area contributed by atoms with Crippen LogP contribution in [0.15, 0.2) is 40.9 Å². The Balaban J connectivity index is 1.23. The molecule has 44 heavy (non-hydrogen) atoms. The first kappa shape index (κ1) is 30.1. The molecule has 2 aromatic carbocycles. The molecule has 2 aliphatic heterocycles. The van der Waals surface area contributed by atoms with E-state index in [1.165, 1.54) is 18.2 Å². The number of aromatic nitrogens is 2. The third-order valence-corrected chi connectivity index (χ3v) is 8.47. The van der Waals surface area contributed by atoms with E-state index in [1.807, 2.05) is 26.0 Å². The van der Waals surface area contributed by atoms with Crippen LogP contribution in [0.3, 0.4) is 0 Å². The summed E-state index contributed by atoms with van der Waals surface area (Å²) >= 11 is 0. The van der Waals surface area contributed by atoms with Crippen molar-refractivity contribution in [2.24, 2.45) is 5.92 Å². The molecule has 1 unspecified atom stereocenters. The Morgan fingerprint density at radius 1 is 1.18 bits per heavy atom. The molecule has 13 heteroatoms. The topological polar surface area (TPSA) is 110 Å². The van der Waals surface area contributed by atoms with Crippen molar-refractivity contribution in [2.45, 2.75) is 64.5 Å². The predicted molar refractivity (Wildman–Crippen MR) is 151 cm³/mol. The highest BCUT2D eigenvalue weighted by atomic mass is 19.4. The molecule has 1 N–H and O–H groups in total. The Hall–Kier alpha value is -3.97. The van der Waals surface area contributed by atoms with Gasteiger partial charge in [0.2, 0.25) is 17.7 Å². The van der Waals surface area contributed by atoms with Crippen LogP contribution in [0.1, 0.15) is 54.6 Å². The second-order valence-electron chi connectivity index (χ2n) is 12.2. The van der Waals surface area contributed by atoms with Crippen LogP contribution in [0.2, 0.25) is 0 Å². The number of nitrogens with one attached hydrogen (secondary N) is 1. The number of hydrogen-bond acceptors (Lipinski definition) is 8. The summed E-state index contributed by atoms with van der Waals surface area (Å²) in [6.45, 7) is 7.88. The fraction of sp³-hybridized carbons (Fsp3) is 0.484. The Morgan fingerprint density at radius 3 is 2.70 bits per heavy atom. The minimum Gasteiger partial charge on any atom is -0.406 e. The average molecular weight is 614 g/mol. The van der Waals surface area contributed by atoms with E-state index in [0.29, 0.717) is 49.8 Å². The molecule has 3 heterocycles. The van der Waals surface area contributed by atoms with Crippen LogP contribution in [-0.2, 0) is 33.8 Å². The van der Waals surface area contributed by atoms with Crippen molar-refractivity contribution in [3.05, 3.63) is 64.8 Å². The number of fused-ring (bicyclic) bond motifs is 1. The van der Waals surface area contributed by atoms with E-state index >= 15 is 0 Å². The zero-order valence-electron chi connectivity index (χ0n) is 24.7. The average Bonchev–Trinajstić information content (AvgIpc) is 3.51. The molecule has 6 rings (SSSR count). The van der Waals surface area contributed by atoms with Crippen molar-refractivity contribution < 1.29 is 36.8 Å². The lowest BCUT2D eigenvalue weighted by Gasteiger charge is -2.35. The van der Waals surface area contributed by atoms with Gasteiger partial charge in [0, 0.05) is 19.6 Å². The van der Waals surface area contributed by atoms with E-state index in [9.17, 15) is 22.8 Å². The van der Waals surface area contributed by atoms with Gasteiger partial charge in [-0.1, -0.05) is 29.4 Å². The summed E-state index contributed by atoms with van der Waals surface area (Å²) in [5.74, 6) is 0.203. The fourth-order valence-corrected chi connectivity index (χ4v) is 6.09. The van der Waals surface area contributed by atoms with Gasteiger partial charge < -0.3 is 24.2 Å². The highest BCUT2D eigenvalue weighted by molar-refractivity contribution is 5.83. The molecule has 234 valence electrons. The van der Waals surface area contributed by atoms with Crippen molar-refractivity contribution in [3.8, 4) is 16.9 Å². The summed E-state index contributed by atoms with van der Waals surface area (Å²) in [5.41, 5.74) is 3.79. The number of nitrogens with zero attached hydrogens (tertiary/aromatic N) is 4. The minimum absolute atomic E-state index is 0.0324. The van der Waals surface area contributed by atoms with Crippen LogP contribution >= 0.6 is 0 Å². The molecule has 1 saturated carbocycles. The lowest BCUT2D eigenvalue weighted by molar-refractivity contribution is -0.274.